The van der Waals surface area contributed by atoms with E-state index in [2.05, 4.69) is 41.0 Å². The summed E-state index contributed by atoms with van der Waals surface area (Å²) in [5.74, 6) is 1.13. The van der Waals surface area contributed by atoms with Gasteiger partial charge in [0.15, 0.2) is 5.16 Å². The lowest BCUT2D eigenvalue weighted by atomic mass is 10.3. The number of hydrogen-bond donors (Lipinski definition) is 1. The average molecular weight is 338 g/mol. The molecule has 3 aromatic rings. The second kappa shape index (κ2) is 4.74. The van der Waals surface area contributed by atoms with Crippen LogP contribution in [0, 0.1) is 0 Å². The number of halogens is 1. The number of nitrogens with zero attached hydrogens (tertiary/aromatic N) is 6. The minimum atomic E-state index is 0.255. The van der Waals surface area contributed by atoms with Gasteiger partial charge >= 0.3 is 0 Å². The van der Waals surface area contributed by atoms with Gasteiger partial charge in [-0.05, 0) is 34.3 Å². The predicted octanol–water partition coefficient (Wildman–Crippen LogP) is 1.65. The van der Waals surface area contributed by atoms with E-state index in [1.54, 1.807) is 6.20 Å². The minimum absolute atomic E-state index is 0.255. The quantitative estimate of drug-likeness (QED) is 0.710. The molecule has 2 N–H and O–H groups in total. The van der Waals surface area contributed by atoms with E-state index in [1.165, 1.54) is 16.3 Å². The van der Waals surface area contributed by atoms with Gasteiger partial charge in [-0.2, -0.15) is 19.5 Å². The zero-order valence-corrected chi connectivity index (χ0v) is 12.2. The van der Waals surface area contributed by atoms with Crippen LogP contribution in [0.1, 0.15) is 0 Å². The highest BCUT2D eigenvalue weighted by atomic mass is 79.9. The molecule has 3 rings (SSSR count). The number of nitrogens with two attached hydrogens (primary N) is 1. The molecular formula is C10H8BrN7S. The number of hydrogen-bond acceptors (Lipinski definition) is 7. The molecule has 19 heavy (non-hydrogen) atoms. The zero-order chi connectivity index (χ0) is 13.4. The number of pyridine rings is 1. The van der Waals surface area contributed by atoms with Crippen LogP contribution in [0.4, 0.5) is 5.95 Å². The molecule has 0 fully saturated rings. The second-order valence-electron chi connectivity index (χ2n) is 3.58. The standard InChI is InChI=1S/C10H8BrN7S/c1-19-10-15-8(12)18-9(16-10)14-7(17-18)6-3-2-5(11)4-13-6/h2-4H,1H3,(H2,12,14,15,16,17). The third-order valence-electron chi connectivity index (χ3n) is 2.35. The predicted molar refractivity (Wildman–Crippen MR) is 75.7 cm³/mol. The Morgan fingerprint density at radius 3 is 2.79 bits per heavy atom. The van der Waals surface area contributed by atoms with Crippen molar-refractivity contribution in [2.75, 3.05) is 12.0 Å². The number of fused-ring (bicyclic) bond motifs is 1. The molecular weight excluding hydrogens is 330 g/mol. The molecule has 3 heterocycles. The summed E-state index contributed by atoms with van der Waals surface area (Å²) in [4.78, 5) is 16.9. The van der Waals surface area contributed by atoms with Gasteiger partial charge in [-0.15, -0.1) is 5.10 Å². The van der Waals surface area contributed by atoms with Crippen LogP contribution in [0.2, 0.25) is 0 Å². The van der Waals surface area contributed by atoms with Crippen LogP contribution < -0.4 is 5.73 Å². The van der Waals surface area contributed by atoms with Gasteiger partial charge in [0.1, 0.15) is 5.69 Å². The van der Waals surface area contributed by atoms with E-state index in [-0.39, 0.29) is 5.95 Å². The van der Waals surface area contributed by atoms with E-state index in [1.807, 2.05) is 18.4 Å². The van der Waals surface area contributed by atoms with Gasteiger partial charge in [0.05, 0.1) is 0 Å². The van der Waals surface area contributed by atoms with Crippen molar-refractivity contribution < 1.29 is 0 Å². The largest absolute Gasteiger partial charge is 0.368 e. The van der Waals surface area contributed by atoms with Crippen molar-refractivity contribution in [3.05, 3.63) is 22.8 Å². The summed E-state index contributed by atoms with van der Waals surface area (Å²) >= 11 is 4.73. The summed E-state index contributed by atoms with van der Waals surface area (Å²) in [6.45, 7) is 0. The molecule has 0 bridgehead atoms. The molecule has 0 aromatic carbocycles. The molecule has 0 aliphatic heterocycles. The monoisotopic (exact) mass is 337 g/mol. The number of aromatic nitrogens is 6. The van der Waals surface area contributed by atoms with Crippen molar-refractivity contribution in [2.45, 2.75) is 5.16 Å². The Balaban J connectivity index is 2.16. The van der Waals surface area contributed by atoms with Crippen molar-refractivity contribution in [3.63, 3.8) is 0 Å². The Hall–Kier alpha value is -1.74. The van der Waals surface area contributed by atoms with Crippen LogP contribution >= 0.6 is 27.7 Å². The Morgan fingerprint density at radius 1 is 1.26 bits per heavy atom. The lowest BCUT2D eigenvalue weighted by Gasteiger charge is -1.97. The van der Waals surface area contributed by atoms with Crippen molar-refractivity contribution in [3.8, 4) is 11.5 Å². The molecule has 0 aliphatic carbocycles. The van der Waals surface area contributed by atoms with E-state index in [0.29, 0.717) is 22.5 Å². The minimum Gasteiger partial charge on any atom is -0.368 e. The van der Waals surface area contributed by atoms with Gasteiger partial charge in [-0.1, -0.05) is 11.8 Å². The van der Waals surface area contributed by atoms with Gasteiger partial charge in [-0.25, -0.2) is 0 Å². The van der Waals surface area contributed by atoms with Crippen LogP contribution in [0.25, 0.3) is 17.3 Å². The van der Waals surface area contributed by atoms with Gasteiger partial charge in [0, 0.05) is 10.7 Å². The topological polar surface area (TPSA) is 94.9 Å². The van der Waals surface area contributed by atoms with Crippen LogP contribution in [0.5, 0.6) is 0 Å². The fourth-order valence-electron chi connectivity index (χ4n) is 1.49. The lowest BCUT2D eigenvalue weighted by molar-refractivity contribution is 0.850. The molecule has 3 aromatic heterocycles. The number of rotatable bonds is 2. The smallest absolute Gasteiger partial charge is 0.258 e. The summed E-state index contributed by atoms with van der Waals surface area (Å²) in [5, 5.41) is 4.82. The first-order valence-electron chi connectivity index (χ1n) is 5.23. The Morgan fingerprint density at radius 2 is 2.11 bits per heavy atom. The van der Waals surface area contributed by atoms with E-state index >= 15 is 0 Å². The van der Waals surface area contributed by atoms with Crippen LogP contribution in [0.15, 0.2) is 28.0 Å². The van der Waals surface area contributed by atoms with Gasteiger partial charge in [0.2, 0.25) is 11.8 Å². The molecule has 0 aliphatic rings. The highest BCUT2D eigenvalue weighted by molar-refractivity contribution is 9.10. The molecule has 0 atom stereocenters. The molecule has 0 unspecified atom stereocenters. The summed E-state index contributed by atoms with van der Waals surface area (Å²) in [6, 6.07) is 3.69. The molecule has 0 saturated heterocycles. The van der Waals surface area contributed by atoms with E-state index in [4.69, 9.17) is 5.73 Å². The number of thioether (sulfide) groups is 1. The number of nitrogen functional groups attached to an aromatic ring is 1. The fourth-order valence-corrected chi connectivity index (χ4v) is 2.09. The maximum Gasteiger partial charge on any atom is 0.258 e. The molecule has 0 saturated carbocycles. The molecule has 0 amide bonds. The first-order chi connectivity index (χ1) is 9.17. The van der Waals surface area contributed by atoms with E-state index in [0.717, 1.165) is 4.47 Å². The zero-order valence-electron chi connectivity index (χ0n) is 9.78. The Kier molecular flexibility index (Phi) is 3.07. The SMILES string of the molecule is CSc1nc(N)n2nc(-c3ccc(Br)cn3)nc2n1. The van der Waals surface area contributed by atoms with Crippen molar-refractivity contribution in [1.82, 2.24) is 29.5 Å². The lowest BCUT2D eigenvalue weighted by Crippen LogP contribution is -2.04. The maximum atomic E-state index is 5.82. The van der Waals surface area contributed by atoms with E-state index in [9.17, 15) is 0 Å². The summed E-state index contributed by atoms with van der Waals surface area (Å²) < 4.78 is 2.29. The van der Waals surface area contributed by atoms with E-state index < -0.39 is 0 Å². The first-order valence-corrected chi connectivity index (χ1v) is 7.25. The summed E-state index contributed by atoms with van der Waals surface area (Å²) in [6.07, 6.45) is 3.56. The Bertz CT molecular complexity index is 739. The highest BCUT2D eigenvalue weighted by Gasteiger charge is 2.12. The van der Waals surface area contributed by atoms with Crippen molar-refractivity contribution in [1.29, 1.82) is 0 Å². The van der Waals surface area contributed by atoms with Crippen LogP contribution in [-0.2, 0) is 0 Å². The van der Waals surface area contributed by atoms with Crippen LogP contribution in [-0.4, -0.2) is 35.8 Å². The first kappa shape index (κ1) is 12.3. The molecule has 96 valence electrons. The van der Waals surface area contributed by atoms with Gasteiger partial charge in [0.25, 0.3) is 5.78 Å². The average Bonchev–Trinajstić information content (AvgIpc) is 2.84. The van der Waals surface area contributed by atoms with Crippen LogP contribution in [0.3, 0.4) is 0 Å². The summed E-state index contributed by atoms with van der Waals surface area (Å²) in [5.41, 5.74) is 6.47. The van der Waals surface area contributed by atoms with Crippen molar-refractivity contribution in [2.24, 2.45) is 0 Å². The van der Waals surface area contributed by atoms with Gasteiger partial charge in [-0.3, -0.25) is 4.98 Å². The number of anilines is 1. The maximum absolute atomic E-state index is 5.82. The molecule has 7 nitrogen and oxygen atoms in total. The highest BCUT2D eigenvalue weighted by Crippen LogP contribution is 2.18. The second-order valence-corrected chi connectivity index (χ2v) is 5.27. The molecule has 0 spiro atoms. The third-order valence-corrected chi connectivity index (χ3v) is 3.37. The Labute approximate surface area is 120 Å². The third kappa shape index (κ3) is 2.26. The fraction of sp³-hybridized carbons (Fsp3) is 0.100. The molecule has 0 radical (unpaired) electrons. The normalized spacial score (nSPS) is 11.1. The van der Waals surface area contributed by atoms with Crippen molar-refractivity contribution >= 4 is 39.4 Å². The summed E-state index contributed by atoms with van der Waals surface area (Å²) in [7, 11) is 0. The molecule has 9 heteroatoms. The van der Waals surface area contributed by atoms with Gasteiger partial charge < -0.3 is 5.73 Å².